The normalized spacial score (nSPS) is 10.2. The van der Waals surface area contributed by atoms with E-state index in [4.69, 9.17) is 4.42 Å². The molecule has 0 radical (unpaired) electrons. The van der Waals surface area contributed by atoms with Crippen LogP contribution in [0, 0.1) is 13.8 Å². The van der Waals surface area contributed by atoms with Gasteiger partial charge in [0.2, 0.25) is 0 Å². The lowest BCUT2D eigenvalue weighted by molar-refractivity contribution is -0.00000536. The quantitative estimate of drug-likeness (QED) is 0.468. The van der Waals surface area contributed by atoms with E-state index >= 15 is 0 Å². The van der Waals surface area contributed by atoms with Crippen LogP contribution in [0.25, 0.3) is 22.5 Å². The third-order valence-corrected chi connectivity index (χ3v) is 4.00. The van der Waals surface area contributed by atoms with Crippen molar-refractivity contribution in [3.05, 3.63) is 72.0 Å². The molecule has 0 aliphatic heterocycles. The Labute approximate surface area is 161 Å². The third-order valence-electron chi connectivity index (χ3n) is 4.00. The van der Waals surface area contributed by atoms with Gasteiger partial charge in [-0.1, -0.05) is 29.8 Å². The molecule has 24 heavy (non-hydrogen) atoms. The molecule has 2 aromatic carbocycles. The van der Waals surface area contributed by atoms with Gasteiger partial charge in [-0.2, -0.15) is 0 Å². The molecule has 0 aliphatic carbocycles. The van der Waals surface area contributed by atoms with Gasteiger partial charge in [-0.15, -0.1) is 0 Å². The second kappa shape index (κ2) is 7.79. The third kappa shape index (κ3) is 3.96. The Balaban J connectivity index is 0.00000208. The number of anilines is 1. The lowest BCUT2D eigenvalue weighted by Crippen LogP contribution is -3.00. The maximum Gasteiger partial charge on any atom is 0.367 e. The van der Waals surface area contributed by atoms with E-state index in [2.05, 4.69) is 66.4 Å². The highest BCUT2D eigenvalue weighted by Crippen LogP contribution is 2.33. The molecule has 0 aliphatic rings. The molecule has 0 atom stereocenters. The Morgan fingerprint density at radius 3 is 1.88 bits per heavy atom. The van der Waals surface area contributed by atoms with Gasteiger partial charge in [0.1, 0.15) is 0 Å². The first kappa shape index (κ1) is 18.5. The van der Waals surface area contributed by atoms with Crippen molar-refractivity contribution in [2.75, 3.05) is 19.0 Å². The van der Waals surface area contributed by atoms with Crippen LogP contribution in [0.4, 0.5) is 5.69 Å². The van der Waals surface area contributed by atoms with Crippen LogP contribution in [0.1, 0.15) is 11.3 Å². The van der Waals surface area contributed by atoms with E-state index in [0.717, 1.165) is 28.2 Å². The first-order valence-electron chi connectivity index (χ1n) is 7.83. The number of aryl methyl sites for hydroxylation is 2. The average Bonchev–Trinajstić information content (AvgIpc) is 2.55. The molecule has 3 aromatic rings. The van der Waals surface area contributed by atoms with Gasteiger partial charge < -0.3 is 28.9 Å². The lowest BCUT2D eigenvalue weighted by Gasteiger charge is -2.12. The molecule has 3 rings (SSSR count). The minimum absolute atomic E-state index is 0. The van der Waals surface area contributed by atoms with Gasteiger partial charge in [0.15, 0.2) is 0 Å². The highest BCUT2D eigenvalue weighted by atomic mass is 127. The van der Waals surface area contributed by atoms with Crippen LogP contribution in [-0.4, -0.2) is 14.1 Å². The summed E-state index contributed by atoms with van der Waals surface area (Å²) >= 11 is 0. The van der Waals surface area contributed by atoms with Crippen LogP contribution in [0.5, 0.6) is 0 Å². The van der Waals surface area contributed by atoms with E-state index in [1.54, 1.807) is 0 Å². The summed E-state index contributed by atoms with van der Waals surface area (Å²) in [4.78, 5) is 2.10. The molecular formula is C21H22INO. The van der Waals surface area contributed by atoms with E-state index in [9.17, 15) is 0 Å². The molecule has 0 saturated heterocycles. The summed E-state index contributed by atoms with van der Waals surface area (Å²) in [7, 11) is 4.10. The fourth-order valence-corrected chi connectivity index (χ4v) is 2.61. The van der Waals surface area contributed by atoms with Crippen LogP contribution in [-0.2, 0) is 0 Å². The minimum atomic E-state index is 0. The summed E-state index contributed by atoms with van der Waals surface area (Å²) in [5.74, 6) is 1.83. The van der Waals surface area contributed by atoms with Crippen molar-refractivity contribution >= 4 is 5.69 Å². The van der Waals surface area contributed by atoms with E-state index in [1.807, 2.05) is 27.1 Å². The number of hydrogen-bond acceptors (Lipinski definition) is 1. The zero-order valence-electron chi connectivity index (χ0n) is 14.5. The van der Waals surface area contributed by atoms with Crippen molar-refractivity contribution in [2.45, 2.75) is 13.8 Å². The number of nitrogens with zero attached hydrogens (tertiary/aromatic N) is 1. The molecule has 0 amide bonds. The first-order chi connectivity index (χ1) is 11.0. The Morgan fingerprint density at radius 2 is 1.29 bits per heavy atom. The fourth-order valence-electron chi connectivity index (χ4n) is 2.61. The summed E-state index contributed by atoms with van der Waals surface area (Å²) in [6.07, 6.45) is 0. The highest BCUT2D eigenvalue weighted by Gasteiger charge is 2.20. The van der Waals surface area contributed by atoms with Gasteiger partial charge in [-0.3, -0.25) is 0 Å². The smallest absolute Gasteiger partial charge is 0.367 e. The van der Waals surface area contributed by atoms with Crippen molar-refractivity contribution in [3.8, 4) is 22.5 Å². The molecule has 124 valence electrons. The number of hydrogen-bond donors (Lipinski definition) is 0. The maximum atomic E-state index is 6.06. The van der Waals surface area contributed by atoms with Gasteiger partial charge in [-0.05, 0) is 42.8 Å². The van der Waals surface area contributed by atoms with E-state index in [0.29, 0.717) is 0 Å². The van der Waals surface area contributed by atoms with E-state index < -0.39 is 0 Å². The standard InChI is InChI=1S/C21H22NO.HI/c1-15-5-8-18(9-6-15)21-20(14-7-16(2)23-21)17-10-12-19(13-11-17)22(3)4;/h5-14H,1-4H3;1H/q+1;/p-1. The molecule has 0 fully saturated rings. The van der Waals surface area contributed by atoms with Crippen molar-refractivity contribution < 1.29 is 28.4 Å². The van der Waals surface area contributed by atoms with Crippen LogP contribution in [0.2, 0.25) is 0 Å². The summed E-state index contributed by atoms with van der Waals surface area (Å²) in [5.41, 5.74) is 5.82. The lowest BCUT2D eigenvalue weighted by atomic mass is 9.99. The predicted molar refractivity (Wildman–Crippen MR) is 97.8 cm³/mol. The monoisotopic (exact) mass is 431 g/mol. The fraction of sp³-hybridized carbons (Fsp3) is 0.190. The molecule has 0 unspecified atom stereocenters. The SMILES string of the molecule is Cc1ccc(-c2[o+]c(C)ccc2-c2ccc(N(C)C)cc2)cc1.[I-]. The minimum Gasteiger partial charge on any atom is -1.00 e. The van der Waals surface area contributed by atoms with Gasteiger partial charge in [0.05, 0.1) is 18.1 Å². The van der Waals surface area contributed by atoms with Gasteiger partial charge in [0.25, 0.3) is 0 Å². The number of rotatable bonds is 3. The summed E-state index contributed by atoms with van der Waals surface area (Å²) in [6, 6.07) is 21.2. The van der Waals surface area contributed by atoms with Crippen LogP contribution < -0.4 is 28.9 Å². The molecule has 1 heterocycles. The predicted octanol–water partition coefficient (Wildman–Crippen LogP) is 2.58. The molecule has 0 spiro atoms. The Bertz CT molecular complexity index is 808. The average molecular weight is 431 g/mol. The largest absolute Gasteiger partial charge is 1.00 e. The van der Waals surface area contributed by atoms with Crippen LogP contribution in [0.15, 0.2) is 65.1 Å². The molecule has 1 aromatic heterocycles. The Hall–Kier alpha value is -1.88. The number of benzene rings is 2. The van der Waals surface area contributed by atoms with Crippen LogP contribution >= 0.6 is 0 Å². The summed E-state index contributed by atoms with van der Waals surface area (Å²) in [6.45, 7) is 4.08. The summed E-state index contributed by atoms with van der Waals surface area (Å²) < 4.78 is 6.06. The zero-order valence-corrected chi connectivity index (χ0v) is 16.7. The van der Waals surface area contributed by atoms with Crippen molar-refractivity contribution in [1.29, 1.82) is 0 Å². The molecule has 0 saturated carbocycles. The van der Waals surface area contributed by atoms with Gasteiger partial charge in [-0.25, -0.2) is 4.42 Å². The first-order valence-corrected chi connectivity index (χ1v) is 7.83. The van der Waals surface area contributed by atoms with Gasteiger partial charge >= 0.3 is 11.5 Å². The van der Waals surface area contributed by atoms with Crippen molar-refractivity contribution in [1.82, 2.24) is 0 Å². The molecule has 0 bridgehead atoms. The second-order valence-electron chi connectivity index (χ2n) is 6.10. The Morgan fingerprint density at radius 1 is 0.708 bits per heavy atom. The van der Waals surface area contributed by atoms with Crippen LogP contribution in [0.3, 0.4) is 0 Å². The Kier molecular flexibility index (Phi) is 5.99. The second-order valence-corrected chi connectivity index (χ2v) is 6.10. The topological polar surface area (TPSA) is 14.5 Å². The molecular weight excluding hydrogens is 409 g/mol. The molecule has 2 nitrogen and oxygen atoms in total. The zero-order chi connectivity index (χ0) is 16.4. The number of halogens is 1. The van der Waals surface area contributed by atoms with E-state index in [1.165, 1.54) is 11.3 Å². The highest BCUT2D eigenvalue weighted by molar-refractivity contribution is 5.80. The van der Waals surface area contributed by atoms with E-state index in [-0.39, 0.29) is 24.0 Å². The summed E-state index contributed by atoms with van der Waals surface area (Å²) in [5, 5.41) is 0. The van der Waals surface area contributed by atoms with Crippen molar-refractivity contribution in [2.24, 2.45) is 0 Å². The molecule has 3 heteroatoms. The molecule has 0 N–H and O–H groups in total. The maximum absolute atomic E-state index is 6.06. The van der Waals surface area contributed by atoms with Gasteiger partial charge in [0, 0.05) is 25.8 Å². The van der Waals surface area contributed by atoms with Crippen molar-refractivity contribution in [3.63, 3.8) is 0 Å².